The second-order valence-corrected chi connectivity index (χ2v) is 8.68. The number of piperidine rings is 1. The molecule has 3 aliphatic rings. The number of anilines is 1. The van der Waals surface area contributed by atoms with E-state index in [4.69, 9.17) is 27.2 Å². The number of nitrogens with two attached hydrogens (primary N) is 1. The Morgan fingerprint density at radius 3 is 2.70 bits per heavy atom. The fourth-order valence-electron chi connectivity index (χ4n) is 4.58. The summed E-state index contributed by atoms with van der Waals surface area (Å²) in [6.45, 7) is 5.25. The Balaban J connectivity index is 1.38. The molecule has 1 aliphatic heterocycles. The Morgan fingerprint density at radius 2 is 2.04 bits per heavy atom. The second kappa shape index (κ2) is 6.76. The number of nitrogen functional groups attached to an aromatic ring is 1. The van der Waals surface area contributed by atoms with E-state index >= 15 is 0 Å². The molecule has 27 heavy (non-hydrogen) atoms. The van der Waals surface area contributed by atoms with Gasteiger partial charge >= 0.3 is 0 Å². The van der Waals surface area contributed by atoms with Crippen LogP contribution in [0.4, 0.5) is 5.82 Å². The lowest BCUT2D eigenvalue weighted by atomic mass is 10.1. The van der Waals surface area contributed by atoms with E-state index in [1.165, 1.54) is 31.6 Å². The Morgan fingerprint density at radius 1 is 1.26 bits per heavy atom. The Kier molecular flexibility index (Phi) is 4.37. The molecule has 0 radical (unpaired) electrons. The molecule has 2 saturated carbocycles. The number of aromatic nitrogens is 3. The molecular formula is C20H26ClN5O. The van der Waals surface area contributed by atoms with Gasteiger partial charge in [-0.1, -0.05) is 11.6 Å². The first-order valence-corrected chi connectivity index (χ1v) is 10.2. The highest BCUT2D eigenvalue weighted by molar-refractivity contribution is 6.33. The summed E-state index contributed by atoms with van der Waals surface area (Å²) in [4.78, 5) is 6.73. The number of likely N-dealkylation sites (tertiary alicyclic amines) is 1. The number of hydrogen-bond acceptors (Lipinski definition) is 5. The minimum atomic E-state index is 0.367. The van der Waals surface area contributed by atoms with Gasteiger partial charge in [0, 0.05) is 56.7 Å². The fraction of sp³-hybridized carbons (Fsp3) is 0.600. The van der Waals surface area contributed by atoms with Gasteiger partial charge in [0.1, 0.15) is 5.82 Å². The van der Waals surface area contributed by atoms with Gasteiger partial charge in [-0.2, -0.15) is 5.10 Å². The zero-order valence-corrected chi connectivity index (χ0v) is 16.4. The van der Waals surface area contributed by atoms with Gasteiger partial charge < -0.3 is 15.4 Å². The summed E-state index contributed by atoms with van der Waals surface area (Å²) < 4.78 is 7.49. The molecule has 2 N–H and O–H groups in total. The van der Waals surface area contributed by atoms with Crippen LogP contribution in [0, 0.1) is 17.8 Å². The predicted octanol–water partition coefficient (Wildman–Crippen LogP) is 2.88. The van der Waals surface area contributed by atoms with Crippen molar-refractivity contribution in [2.75, 3.05) is 39.1 Å². The Bertz CT molecular complexity index is 837. The van der Waals surface area contributed by atoms with Crippen LogP contribution in [0.25, 0.3) is 11.3 Å². The first-order chi connectivity index (χ1) is 13.1. The third-order valence-electron chi connectivity index (χ3n) is 6.33. The molecule has 2 aromatic rings. The van der Waals surface area contributed by atoms with Gasteiger partial charge in [-0.15, -0.1) is 0 Å². The van der Waals surface area contributed by atoms with Crippen LogP contribution in [0.3, 0.4) is 0 Å². The molecule has 0 unspecified atom stereocenters. The third-order valence-corrected chi connectivity index (χ3v) is 6.63. The van der Waals surface area contributed by atoms with Gasteiger partial charge in [0.05, 0.1) is 17.3 Å². The number of hydrogen-bond donors (Lipinski definition) is 1. The molecule has 0 amide bonds. The normalized spacial score (nSPS) is 27.1. The zero-order valence-electron chi connectivity index (χ0n) is 15.6. The average molecular weight is 388 g/mol. The number of nitrogens with zero attached hydrogens (tertiary/aromatic N) is 4. The van der Waals surface area contributed by atoms with Crippen LogP contribution in [0.2, 0.25) is 5.02 Å². The van der Waals surface area contributed by atoms with Crippen LogP contribution in [-0.2, 0) is 11.3 Å². The van der Waals surface area contributed by atoms with Crippen molar-refractivity contribution in [3.8, 4) is 11.3 Å². The summed E-state index contributed by atoms with van der Waals surface area (Å²) in [5, 5.41) is 5.42. The first-order valence-electron chi connectivity index (χ1n) is 9.84. The average Bonchev–Trinajstić information content (AvgIpc) is 3.50. The number of halogens is 1. The Labute approximate surface area is 164 Å². The van der Waals surface area contributed by atoms with Gasteiger partial charge in [0.15, 0.2) is 0 Å². The third kappa shape index (κ3) is 3.35. The maximum absolute atomic E-state index is 6.18. The number of methoxy groups -OCH3 is 1. The number of ether oxygens (including phenoxy) is 1. The molecule has 1 saturated heterocycles. The molecule has 0 bridgehead atoms. The van der Waals surface area contributed by atoms with Gasteiger partial charge in [0.25, 0.3) is 0 Å². The van der Waals surface area contributed by atoms with Crippen LogP contribution in [-0.4, -0.2) is 53.0 Å². The molecule has 7 heteroatoms. The molecule has 2 aromatic heterocycles. The summed E-state index contributed by atoms with van der Waals surface area (Å²) >= 11 is 6.18. The number of fused-ring (bicyclic) bond motifs is 1. The quantitative estimate of drug-likeness (QED) is 0.791. The fourth-order valence-corrected chi connectivity index (χ4v) is 4.74. The summed E-state index contributed by atoms with van der Waals surface area (Å²) in [6, 6.07) is 4.13. The van der Waals surface area contributed by atoms with Gasteiger partial charge in [-0.05, 0) is 42.7 Å². The minimum Gasteiger partial charge on any atom is -0.383 e. The van der Waals surface area contributed by atoms with Crippen molar-refractivity contribution in [1.82, 2.24) is 19.7 Å². The van der Waals surface area contributed by atoms with E-state index in [9.17, 15) is 0 Å². The highest BCUT2D eigenvalue weighted by Crippen LogP contribution is 2.58. The van der Waals surface area contributed by atoms with E-state index in [-0.39, 0.29) is 0 Å². The summed E-state index contributed by atoms with van der Waals surface area (Å²) in [6.07, 6.45) is 4.42. The molecular weight excluding hydrogens is 362 g/mol. The van der Waals surface area contributed by atoms with Crippen LogP contribution < -0.4 is 5.73 Å². The van der Waals surface area contributed by atoms with Crippen molar-refractivity contribution in [3.05, 3.63) is 29.0 Å². The molecule has 0 spiro atoms. The van der Waals surface area contributed by atoms with Crippen LogP contribution >= 0.6 is 11.6 Å². The molecule has 0 aromatic carbocycles. The SMILES string of the molecule is COCCN1C[C@@H]2[C@H](C1)[C@H]2c1cc(-c2cnc(N)c(Cl)c2)nn1CC1CC1. The summed E-state index contributed by atoms with van der Waals surface area (Å²) in [7, 11) is 1.77. The van der Waals surface area contributed by atoms with Crippen molar-refractivity contribution in [2.24, 2.45) is 17.8 Å². The van der Waals surface area contributed by atoms with E-state index in [1.54, 1.807) is 13.3 Å². The lowest BCUT2D eigenvalue weighted by Crippen LogP contribution is -2.28. The molecule has 3 fully saturated rings. The Hall–Kier alpha value is -1.63. The highest BCUT2D eigenvalue weighted by atomic mass is 35.5. The van der Waals surface area contributed by atoms with E-state index in [0.717, 1.165) is 48.7 Å². The van der Waals surface area contributed by atoms with E-state index in [2.05, 4.69) is 20.6 Å². The smallest absolute Gasteiger partial charge is 0.142 e. The van der Waals surface area contributed by atoms with Crippen LogP contribution in [0.15, 0.2) is 18.3 Å². The molecule has 5 rings (SSSR count). The monoisotopic (exact) mass is 387 g/mol. The second-order valence-electron chi connectivity index (χ2n) is 8.28. The van der Waals surface area contributed by atoms with E-state index < -0.39 is 0 Å². The van der Waals surface area contributed by atoms with Gasteiger partial charge in [-0.25, -0.2) is 4.98 Å². The highest BCUT2D eigenvalue weighted by Gasteiger charge is 2.57. The van der Waals surface area contributed by atoms with Crippen molar-refractivity contribution in [3.63, 3.8) is 0 Å². The van der Waals surface area contributed by atoms with Crippen LogP contribution in [0.1, 0.15) is 24.5 Å². The van der Waals surface area contributed by atoms with Crippen molar-refractivity contribution in [1.29, 1.82) is 0 Å². The summed E-state index contributed by atoms with van der Waals surface area (Å²) in [5.74, 6) is 3.32. The van der Waals surface area contributed by atoms with Crippen molar-refractivity contribution >= 4 is 17.4 Å². The van der Waals surface area contributed by atoms with E-state index in [1.807, 2.05) is 6.07 Å². The van der Waals surface area contributed by atoms with E-state index in [0.29, 0.717) is 16.8 Å². The van der Waals surface area contributed by atoms with Crippen LogP contribution in [0.5, 0.6) is 0 Å². The summed E-state index contributed by atoms with van der Waals surface area (Å²) in [5.41, 5.74) is 9.06. The largest absolute Gasteiger partial charge is 0.383 e. The molecule has 6 nitrogen and oxygen atoms in total. The molecule has 144 valence electrons. The molecule has 3 atom stereocenters. The standard InChI is InChI=1S/C20H26ClN5O/c1-27-5-4-25-10-14-15(11-25)19(14)18-7-17(24-26(18)9-12-2-3-12)13-6-16(21)20(22)23-8-13/h6-8,12,14-15,19H,2-5,9-11H2,1H3,(H2,22,23)/t14-,15+,19+. The minimum absolute atomic E-state index is 0.367. The molecule has 3 heterocycles. The number of pyridine rings is 1. The predicted molar refractivity (Wildman–Crippen MR) is 106 cm³/mol. The molecule has 2 aliphatic carbocycles. The lowest BCUT2D eigenvalue weighted by molar-refractivity contribution is 0.153. The maximum Gasteiger partial charge on any atom is 0.142 e. The lowest BCUT2D eigenvalue weighted by Gasteiger charge is -2.19. The first kappa shape index (κ1) is 17.5. The van der Waals surface area contributed by atoms with Crippen molar-refractivity contribution < 1.29 is 4.74 Å². The zero-order chi connectivity index (χ0) is 18.5. The number of rotatable bonds is 7. The van der Waals surface area contributed by atoms with Crippen molar-refractivity contribution in [2.45, 2.75) is 25.3 Å². The maximum atomic E-state index is 6.18. The van der Waals surface area contributed by atoms with Gasteiger partial charge in [-0.3, -0.25) is 4.68 Å². The topological polar surface area (TPSA) is 69.2 Å². The van der Waals surface area contributed by atoms with Gasteiger partial charge in [0.2, 0.25) is 0 Å².